The molecular formula is C19H25N3OS. The number of benzene rings is 1. The van der Waals surface area contributed by atoms with Crippen LogP contribution in [0.3, 0.4) is 0 Å². The van der Waals surface area contributed by atoms with Gasteiger partial charge in [-0.2, -0.15) is 0 Å². The minimum absolute atomic E-state index is 0.120. The van der Waals surface area contributed by atoms with E-state index in [0.29, 0.717) is 17.2 Å². The third-order valence-corrected chi connectivity index (χ3v) is 7.71. The highest BCUT2D eigenvalue weighted by Gasteiger charge is 2.61. The third kappa shape index (κ3) is 2.36. The van der Waals surface area contributed by atoms with Gasteiger partial charge in [-0.3, -0.25) is 4.79 Å². The van der Waals surface area contributed by atoms with Crippen molar-refractivity contribution in [3.63, 3.8) is 0 Å². The van der Waals surface area contributed by atoms with Gasteiger partial charge in [-0.25, -0.2) is 4.98 Å². The smallest absolute Gasteiger partial charge is 0.230 e. The molecule has 1 aromatic heterocycles. The lowest BCUT2D eigenvalue weighted by molar-refractivity contribution is -0.120. The minimum Gasteiger partial charge on any atom is -0.352 e. The fourth-order valence-electron chi connectivity index (χ4n) is 4.79. The quantitative estimate of drug-likeness (QED) is 0.826. The number of H-pyrrole nitrogens is 1. The predicted molar refractivity (Wildman–Crippen MR) is 98.0 cm³/mol. The summed E-state index contributed by atoms with van der Waals surface area (Å²) in [5.74, 6) is 1.28. The Balaban J connectivity index is 1.37. The van der Waals surface area contributed by atoms with Crippen molar-refractivity contribution in [3.8, 4) is 0 Å². The van der Waals surface area contributed by atoms with Gasteiger partial charge in [-0.1, -0.05) is 44.7 Å². The van der Waals surface area contributed by atoms with Crippen LogP contribution in [0.2, 0.25) is 0 Å². The van der Waals surface area contributed by atoms with Crippen molar-refractivity contribution in [1.29, 1.82) is 0 Å². The third-order valence-electron chi connectivity index (χ3n) is 6.84. The Kier molecular flexibility index (Phi) is 3.68. The maximum Gasteiger partial charge on any atom is 0.230 e. The van der Waals surface area contributed by atoms with Crippen LogP contribution < -0.4 is 5.32 Å². The molecule has 24 heavy (non-hydrogen) atoms. The molecule has 0 aliphatic heterocycles. The Bertz CT molecular complexity index is 751. The molecule has 5 heteroatoms. The van der Waals surface area contributed by atoms with Crippen LogP contribution in [0.25, 0.3) is 11.0 Å². The molecule has 128 valence electrons. The molecule has 2 aliphatic rings. The molecule has 2 fully saturated rings. The molecule has 1 amide bonds. The van der Waals surface area contributed by atoms with Gasteiger partial charge in [-0.15, -0.1) is 0 Å². The maximum absolute atomic E-state index is 12.4. The summed E-state index contributed by atoms with van der Waals surface area (Å²) in [5.41, 5.74) is 2.53. The van der Waals surface area contributed by atoms with Gasteiger partial charge in [0.15, 0.2) is 5.16 Å². The van der Waals surface area contributed by atoms with E-state index in [2.05, 4.69) is 36.1 Å². The molecule has 1 aromatic carbocycles. The van der Waals surface area contributed by atoms with E-state index in [4.69, 9.17) is 0 Å². The molecule has 0 saturated heterocycles. The molecule has 2 aliphatic carbocycles. The maximum atomic E-state index is 12.4. The van der Waals surface area contributed by atoms with Gasteiger partial charge in [0.25, 0.3) is 0 Å². The molecule has 0 spiro atoms. The fourth-order valence-corrected chi connectivity index (χ4v) is 5.49. The number of thioether (sulfide) groups is 1. The average Bonchev–Trinajstić information content (AvgIpc) is 3.11. The highest BCUT2D eigenvalue weighted by atomic mass is 32.2. The molecule has 2 saturated carbocycles. The molecule has 4 nitrogen and oxygen atoms in total. The zero-order chi connectivity index (χ0) is 16.9. The summed E-state index contributed by atoms with van der Waals surface area (Å²) in [6.45, 7) is 7.11. The lowest BCUT2D eigenvalue weighted by Crippen LogP contribution is -2.47. The molecule has 4 rings (SSSR count). The van der Waals surface area contributed by atoms with E-state index in [0.717, 1.165) is 28.5 Å². The second kappa shape index (κ2) is 5.51. The number of carbonyl (C=O) groups is 1. The number of amides is 1. The number of rotatable bonds is 4. The number of aromatic amines is 1. The lowest BCUT2D eigenvalue weighted by Gasteiger charge is -2.39. The molecule has 3 atom stereocenters. The number of nitrogens with zero attached hydrogens (tertiary/aromatic N) is 1. The lowest BCUT2D eigenvalue weighted by atomic mass is 9.69. The fraction of sp³-hybridized carbons (Fsp3) is 0.579. The number of imidazole rings is 1. The van der Waals surface area contributed by atoms with Crippen LogP contribution in [0.1, 0.15) is 40.0 Å². The standard InChI is InChI=1S/C19H25N3OS/c1-18(2)12-8-9-19(18,3)15(10-12)22-16(23)11-24-17-20-13-6-4-5-7-14(13)21-17/h4-7,12,15H,8-11H2,1-3H3,(H,20,21)(H,22,23). The molecule has 0 radical (unpaired) electrons. The number of carbonyl (C=O) groups excluding carboxylic acids is 1. The van der Waals surface area contributed by atoms with Gasteiger partial charge >= 0.3 is 0 Å². The second-order valence-electron chi connectivity index (χ2n) is 8.08. The highest BCUT2D eigenvalue weighted by Crippen LogP contribution is 2.65. The van der Waals surface area contributed by atoms with Crippen molar-refractivity contribution in [1.82, 2.24) is 15.3 Å². The topological polar surface area (TPSA) is 57.8 Å². The predicted octanol–water partition coefficient (Wildman–Crippen LogP) is 3.99. The summed E-state index contributed by atoms with van der Waals surface area (Å²) in [6.07, 6.45) is 3.67. The van der Waals surface area contributed by atoms with Crippen LogP contribution in [0.4, 0.5) is 0 Å². The molecule has 2 N–H and O–H groups in total. The number of fused-ring (bicyclic) bond motifs is 3. The van der Waals surface area contributed by atoms with E-state index in [1.807, 2.05) is 24.3 Å². The van der Waals surface area contributed by atoms with Gasteiger partial charge in [-0.05, 0) is 48.1 Å². The SMILES string of the molecule is CC1(C)C2CCC1(C)C(NC(=O)CSc1nc3ccccc3[nH]1)C2. The van der Waals surface area contributed by atoms with Gasteiger partial charge in [0.2, 0.25) is 5.91 Å². The zero-order valence-electron chi connectivity index (χ0n) is 14.6. The zero-order valence-corrected chi connectivity index (χ0v) is 15.4. The van der Waals surface area contributed by atoms with Crippen LogP contribution in [-0.4, -0.2) is 27.7 Å². The number of hydrogen-bond acceptors (Lipinski definition) is 3. The van der Waals surface area contributed by atoms with Crippen molar-refractivity contribution in [2.45, 2.75) is 51.2 Å². The number of nitrogens with one attached hydrogen (secondary N) is 2. The van der Waals surface area contributed by atoms with E-state index in [9.17, 15) is 4.79 Å². The number of hydrogen-bond donors (Lipinski definition) is 2. The molecular weight excluding hydrogens is 318 g/mol. The molecule has 1 heterocycles. The van der Waals surface area contributed by atoms with E-state index < -0.39 is 0 Å². The summed E-state index contributed by atoms with van der Waals surface area (Å²) < 4.78 is 0. The van der Waals surface area contributed by atoms with Crippen LogP contribution in [0.5, 0.6) is 0 Å². The Hall–Kier alpha value is -1.49. The Labute approximate surface area is 147 Å². The summed E-state index contributed by atoms with van der Waals surface area (Å²) in [5, 5.41) is 4.12. The van der Waals surface area contributed by atoms with E-state index in [-0.39, 0.29) is 11.3 Å². The first kappa shape index (κ1) is 16.0. The van der Waals surface area contributed by atoms with Crippen molar-refractivity contribution >= 4 is 28.7 Å². The van der Waals surface area contributed by atoms with E-state index >= 15 is 0 Å². The first-order valence-corrected chi connectivity index (χ1v) is 9.75. The molecule has 2 aromatic rings. The number of aromatic nitrogens is 2. The summed E-state index contributed by atoms with van der Waals surface area (Å²) in [7, 11) is 0. The Morgan fingerprint density at radius 2 is 2.17 bits per heavy atom. The Morgan fingerprint density at radius 3 is 2.83 bits per heavy atom. The summed E-state index contributed by atoms with van der Waals surface area (Å²) in [4.78, 5) is 20.2. The number of para-hydroxylation sites is 2. The molecule has 3 unspecified atom stereocenters. The van der Waals surface area contributed by atoms with Crippen molar-refractivity contribution in [2.24, 2.45) is 16.7 Å². The van der Waals surface area contributed by atoms with Gasteiger partial charge in [0.05, 0.1) is 16.8 Å². The largest absolute Gasteiger partial charge is 0.352 e. The first-order valence-electron chi connectivity index (χ1n) is 8.77. The van der Waals surface area contributed by atoms with Crippen LogP contribution in [0, 0.1) is 16.7 Å². The molecule has 2 bridgehead atoms. The summed E-state index contributed by atoms with van der Waals surface area (Å²) >= 11 is 1.48. The van der Waals surface area contributed by atoms with Crippen molar-refractivity contribution in [3.05, 3.63) is 24.3 Å². The summed E-state index contributed by atoms with van der Waals surface area (Å²) in [6, 6.07) is 8.26. The average molecular weight is 343 g/mol. The first-order chi connectivity index (χ1) is 11.4. The monoisotopic (exact) mass is 343 g/mol. The Morgan fingerprint density at radius 1 is 1.38 bits per heavy atom. The van der Waals surface area contributed by atoms with Crippen LogP contribution in [-0.2, 0) is 4.79 Å². The second-order valence-corrected chi connectivity index (χ2v) is 9.04. The van der Waals surface area contributed by atoms with Crippen molar-refractivity contribution in [2.75, 3.05) is 5.75 Å². The normalized spacial score (nSPS) is 30.8. The van der Waals surface area contributed by atoms with E-state index in [1.165, 1.54) is 24.6 Å². The van der Waals surface area contributed by atoms with Crippen LogP contribution in [0.15, 0.2) is 29.4 Å². The van der Waals surface area contributed by atoms with Crippen molar-refractivity contribution < 1.29 is 4.79 Å². The minimum atomic E-state index is 0.120. The van der Waals surface area contributed by atoms with E-state index in [1.54, 1.807) is 0 Å². The van der Waals surface area contributed by atoms with Gasteiger partial charge in [0.1, 0.15) is 0 Å². The van der Waals surface area contributed by atoms with Gasteiger partial charge in [0, 0.05) is 6.04 Å². The van der Waals surface area contributed by atoms with Crippen LogP contribution >= 0.6 is 11.8 Å². The highest BCUT2D eigenvalue weighted by molar-refractivity contribution is 7.99. The van der Waals surface area contributed by atoms with Gasteiger partial charge < -0.3 is 10.3 Å².